The third kappa shape index (κ3) is 3.17. The lowest BCUT2D eigenvalue weighted by atomic mass is 9.94. The van der Waals surface area contributed by atoms with Crippen molar-refractivity contribution in [2.24, 2.45) is 5.73 Å². The van der Waals surface area contributed by atoms with Gasteiger partial charge in [-0.3, -0.25) is 0 Å². The molecule has 1 aromatic carbocycles. The summed E-state index contributed by atoms with van der Waals surface area (Å²) in [5.74, 6) is 0.279. The predicted octanol–water partition coefficient (Wildman–Crippen LogP) is 1.50. The lowest BCUT2D eigenvalue weighted by Crippen LogP contribution is -2.17. The molecule has 72 valence electrons. The zero-order valence-corrected chi connectivity index (χ0v) is 7.98. The Labute approximate surface area is 79.4 Å². The Morgan fingerprint density at radius 3 is 2.38 bits per heavy atom. The molecule has 0 spiro atoms. The van der Waals surface area contributed by atoms with Gasteiger partial charge in [-0.2, -0.15) is 0 Å². The first-order chi connectivity index (χ1) is 6.24. The highest BCUT2D eigenvalue weighted by Gasteiger charge is 2.11. The minimum Gasteiger partial charge on any atom is -0.393 e. The molecule has 0 saturated heterocycles. The third-order valence-electron chi connectivity index (χ3n) is 2.18. The van der Waals surface area contributed by atoms with E-state index in [2.05, 4.69) is 12.1 Å². The van der Waals surface area contributed by atoms with Gasteiger partial charge in [0.1, 0.15) is 0 Å². The van der Waals surface area contributed by atoms with Crippen molar-refractivity contribution in [1.82, 2.24) is 0 Å². The molecule has 0 bridgehead atoms. The van der Waals surface area contributed by atoms with Gasteiger partial charge in [0, 0.05) is 0 Å². The highest BCUT2D eigenvalue weighted by molar-refractivity contribution is 5.19. The molecule has 2 atom stereocenters. The summed E-state index contributed by atoms with van der Waals surface area (Å²) in [5, 5.41) is 9.26. The first-order valence-electron chi connectivity index (χ1n) is 4.67. The normalized spacial score (nSPS) is 15.3. The fraction of sp³-hybridized carbons (Fsp3) is 0.455. The van der Waals surface area contributed by atoms with Crippen LogP contribution < -0.4 is 5.73 Å². The van der Waals surface area contributed by atoms with Gasteiger partial charge in [-0.25, -0.2) is 0 Å². The largest absolute Gasteiger partial charge is 0.393 e. The van der Waals surface area contributed by atoms with Crippen LogP contribution in [0.4, 0.5) is 0 Å². The first kappa shape index (κ1) is 10.2. The second-order valence-electron chi connectivity index (χ2n) is 3.43. The SMILES string of the molecule is C[C@H](O)C[C@@H](CN)c1ccccc1. The number of benzene rings is 1. The van der Waals surface area contributed by atoms with Crippen molar-refractivity contribution >= 4 is 0 Å². The van der Waals surface area contributed by atoms with Crippen LogP contribution in [0.15, 0.2) is 30.3 Å². The molecule has 0 fully saturated rings. The second kappa shape index (κ2) is 5.00. The summed E-state index contributed by atoms with van der Waals surface area (Å²) in [6.45, 7) is 2.39. The molecule has 2 nitrogen and oxygen atoms in total. The van der Waals surface area contributed by atoms with Gasteiger partial charge in [-0.15, -0.1) is 0 Å². The summed E-state index contributed by atoms with van der Waals surface area (Å²) in [5.41, 5.74) is 6.86. The first-order valence-corrected chi connectivity index (χ1v) is 4.67. The van der Waals surface area contributed by atoms with Crippen LogP contribution in [0.25, 0.3) is 0 Å². The van der Waals surface area contributed by atoms with Crippen LogP contribution in [0.1, 0.15) is 24.8 Å². The van der Waals surface area contributed by atoms with Crippen LogP contribution in [0.5, 0.6) is 0 Å². The molecule has 3 N–H and O–H groups in total. The molecular weight excluding hydrogens is 162 g/mol. The minimum atomic E-state index is -0.284. The van der Waals surface area contributed by atoms with E-state index in [1.165, 1.54) is 5.56 Å². The highest BCUT2D eigenvalue weighted by atomic mass is 16.3. The Bertz CT molecular complexity index is 233. The quantitative estimate of drug-likeness (QED) is 0.735. The van der Waals surface area contributed by atoms with Crippen LogP contribution in [-0.4, -0.2) is 17.8 Å². The number of aliphatic hydroxyl groups excluding tert-OH is 1. The van der Waals surface area contributed by atoms with Gasteiger partial charge in [-0.1, -0.05) is 30.3 Å². The van der Waals surface area contributed by atoms with Gasteiger partial charge in [0.25, 0.3) is 0 Å². The van der Waals surface area contributed by atoms with E-state index in [0.29, 0.717) is 6.54 Å². The van der Waals surface area contributed by atoms with E-state index in [9.17, 15) is 5.11 Å². The maximum Gasteiger partial charge on any atom is 0.0518 e. The molecule has 1 aromatic rings. The molecule has 0 heterocycles. The van der Waals surface area contributed by atoms with Crippen LogP contribution in [0, 0.1) is 0 Å². The van der Waals surface area contributed by atoms with Crippen molar-refractivity contribution in [2.45, 2.75) is 25.4 Å². The molecule has 2 heteroatoms. The predicted molar refractivity (Wildman–Crippen MR) is 54.5 cm³/mol. The van der Waals surface area contributed by atoms with Crippen LogP contribution >= 0.6 is 0 Å². The average molecular weight is 179 g/mol. The lowest BCUT2D eigenvalue weighted by Gasteiger charge is -2.16. The number of aliphatic hydroxyl groups is 1. The second-order valence-corrected chi connectivity index (χ2v) is 3.43. The Balaban J connectivity index is 2.67. The zero-order chi connectivity index (χ0) is 9.68. The van der Waals surface area contributed by atoms with Gasteiger partial charge in [0.05, 0.1) is 6.10 Å². The van der Waals surface area contributed by atoms with E-state index >= 15 is 0 Å². The standard InChI is InChI=1S/C11H17NO/c1-9(13)7-11(8-12)10-5-3-2-4-6-10/h2-6,9,11,13H,7-8,12H2,1H3/t9-,11-/m0/s1. The van der Waals surface area contributed by atoms with Crippen LogP contribution in [0.2, 0.25) is 0 Å². The number of hydrogen-bond donors (Lipinski definition) is 2. The Kier molecular flexibility index (Phi) is 3.93. The molecule has 1 rings (SSSR count). The smallest absolute Gasteiger partial charge is 0.0518 e. The number of hydrogen-bond acceptors (Lipinski definition) is 2. The molecular formula is C11H17NO. The van der Waals surface area contributed by atoms with E-state index in [0.717, 1.165) is 6.42 Å². The molecule has 0 radical (unpaired) electrons. The minimum absolute atomic E-state index is 0.279. The molecule has 0 aliphatic heterocycles. The Morgan fingerprint density at radius 2 is 1.92 bits per heavy atom. The molecule has 0 aliphatic carbocycles. The van der Waals surface area contributed by atoms with E-state index in [1.807, 2.05) is 18.2 Å². The van der Waals surface area contributed by atoms with E-state index in [1.54, 1.807) is 6.92 Å². The van der Waals surface area contributed by atoms with Gasteiger partial charge in [-0.05, 0) is 31.4 Å². The van der Waals surface area contributed by atoms with Crippen molar-refractivity contribution in [2.75, 3.05) is 6.54 Å². The summed E-state index contributed by atoms with van der Waals surface area (Å²) < 4.78 is 0. The summed E-state index contributed by atoms with van der Waals surface area (Å²) in [7, 11) is 0. The number of nitrogens with two attached hydrogens (primary N) is 1. The van der Waals surface area contributed by atoms with Crippen molar-refractivity contribution in [3.63, 3.8) is 0 Å². The zero-order valence-electron chi connectivity index (χ0n) is 7.98. The topological polar surface area (TPSA) is 46.2 Å². The fourth-order valence-corrected chi connectivity index (χ4v) is 1.51. The Hall–Kier alpha value is -0.860. The van der Waals surface area contributed by atoms with Crippen molar-refractivity contribution in [3.8, 4) is 0 Å². The van der Waals surface area contributed by atoms with E-state index in [4.69, 9.17) is 5.73 Å². The van der Waals surface area contributed by atoms with Crippen LogP contribution in [-0.2, 0) is 0 Å². The summed E-state index contributed by atoms with van der Waals surface area (Å²) in [6, 6.07) is 10.1. The van der Waals surface area contributed by atoms with Crippen molar-refractivity contribution < 1.29 is 5.11 Å². The van der Waals surface area contributed by atoms with Crippen molar-refractivity contribution in [1.29, 1.82) is 0 Å². The van der Waals surface area contributed by atoms with E-state index < -0.39 is 0 Å². The van der Waals surface area contributed by atoms with Gasteiger partial charge < -0.3 is 10.8 Å². The molecule has 0 unspecified atom stereocenters. The summed E-state index contributed by atoms with van der Waals surface area (Å²) >= 11 is 0. The average Bonchev–Trinajstić information content (AvgIpc) is 2.15. The maximum atomic E-state index is 9.26. The van der Waals surface area contributed by atoms with Gasteiger partial charge in [0.15, 0.2) is 0 Å². The van der Waals surface area contributed by atoms with Crippen molar-refractivity contribution in [3.05, 3.63) is 35.9 Å². The maximum absolute atomic E-state index is 9.26. The summed E-state index contributed by atoms with van der Waals surface area (Å²) in [6.07, 6.45) is 0.453. The monoisotopic (exact) mass is 179 g/mol. The molecule has 0 amide bonds. The molecule has 0 saturated carbocycles. The molecule has 0 aromatic heterocycles. The highest BCUT2D eigenvalue weighted by Crippen LogP contribution is 2.19. The number of rotatable bonds is 4. The molecule has 13 heavy (non-hydrogen) atoms. The summed E-state index contributed by atoms with van der Waals surface area (Å²) in [4.78, 5) is 0. The third-order valence-corrected chi connectivity index (χ3v) is 2.18. The fourth-order valence-electron chi connectivity index (χ4n) is 1.51. The molecule has 0 aliphatic rings. The lowest BCUT2D eigenvalue weighted by molar-refractivity contribution is 0.175. The van der Waals surface area contributed by atoms with Gasteiger partial charge >= 0.3 is 0 Å². The van der Waals surface area contributed by atoms with Crippen LogP contribution in [0.3, 0.4) is 0 Å². The van der Waals surface area contributed by atoms with E-state index in [-0.39, 0.29) is 12.0 Å². The van der Waals surface area contributed by atoms with Gasteiger partial charge in [0.2, 0.25) is 0 Å². The Morgan fingerprint density at radius 1 is 1.31 bits per heavy atom.